The number of carbonyl (C=O) groups is 1. The second-order valence-electron chi connectivity index (χ2n) is 12.7. The Kier molecular flexibility index (Phi) is 8.66. The summed E-state index contributed by atoms with van der Waals surface area (Å²) in [7, 11) is -2.94. The van der Waals surface area contributed by atoms with Gasteiger partial charge in [0.25, 0.3) is 5.60 Å². The van der Waals surface area contributed by atoms with Crippen LogP contribution in [0.4, 0.5) is 13.2 Å². The third kappa shape index (κ3) is 5.34. The van der Waals surface area contributed by atoms with E-state index in [1.165, 1.54) is 24.3 Å². The molecule has 0 aliphatic heterocycles. The van der Waals surface area contributed by atoms with Crippen LogP contribution in [0, 0.1) is 47.5 Å². The largest absolute Gasteiger partial charge is 0.507 e. The molecule has 0 N–H and O–H groups in total. The highest BCUT2D eigenvalue weighted by atomic mass is 28.4. The van der Waals surface area contributed by atoms with Gasteiger partial charge < -0.3 is 9.16 Å². The number of halogens is 3. The fourth-order valence-corrected chi connectivity index (χ4v) is 14.2. The summed E-state index contributed by atoms with van der Waals surface area (Å²) in [6, 6.07) is 25.3. The summed E-state index contributed by atoms with van der Waals surface area (Å²) in [5.74, 6) is -1.39. The first-order valence-electron chi connectivity index (χ1n) is 15.3. The van der Waals surface area contributed by atoms with Crippen molar-refractivity contribution in [2.45, 2.75) is 71.7 Å². The van der Waals surface area contributed by atoms with Gasteiger partial charge in [-0.15, -0.1) is 0 Å². The molecule has 0 spiro atoms. The minimum absolute atomic E-state index is 0.00886. The van der Waals surface area contributed by atoms with Crippen LogP contribution in [-0.2, 0) is 19.6 Å². The Bertz CT molecular complexity index is 1610. The molecule has 0 heterocycles. The van der Waals surface area contributed by atoms with Crippen LogP contribution in [0.5, 0.6) is 0 Å². The molecule has 0 saturated heterocycles. The zero-order valence-electron chi connectivity index (χ0n) is 27.2. The fourth-order valence-electron chi connectivity index (χ4n) is 8.04. The van der Waals surface area contributed by atoms with Gasteiger partial charge >= 0.3 is 20.5 Å². The Morgan fingerprint density at radius 1 is 0.711 bits per heavy atom. The Hall–Kier alpha value is -3.68. The molecule has 1 saturated carbocycles. The van der Waals surface area contributed by atoms with Crippen molar-refractivity contribution in [2.75, 3.05) is 7.11 Å². The van der Waals surface area contributed by atoms with Crippen LogP contribution in [0.2, 0.25) is 5.54 Å². The molecule has 3 nitrogen and oxygen atoms in total. The van der Waals surface area contributed by atoms with Crippen molar-refractivity contribution in [3.63, 3.8) is 0 Å². The highest BCUT2D eigenvalue weighted by Crippen LogP contribution is 2.64. The van der Waals surface area contributed by atoms with E-state index in [1.807, 2.05) is 84.0 Å². The van der Waals surface area contributed by atoms with Gasteiger partial charge in [0.1, 0.15) is 0 Å². The first-order valence-corrected chi connectivity index (χ1v) is 17.3. The monoisotopic (exact) mass is 630 g/mol. The van der Waals surface area contributed by atoms with Gasteiger partial charge in [-0.2, -0.15) is 13.2 Å². The molecule has 4 unspecified atom stereocenters. The van der Waals surface area contributed by atoms with E-state index in [0.717, 1.165) is 56.4 Å². The van der Waals surface area contributed by atoms with E-state index in [9.17, 15) is 4.79 Å². The molecular weight excluding hydrogens is 589 g/mol. The van der Waals surface area contributed by atoms with Gasteiger partial charge in [0.05, 0.1) is 0 Å². The second-order valence-corrected chi connectivity index (χ2v) is 16.1. The van der Waals surface area contributed by atoms with Crippen LogP contribution in [0.1, 0.15) is 57.3 Å². The molecule has 7 heteroatoms. The summed E-state index contributed by atoms with van der Waals surface area (Å²) < 4.78 is 58.2. The van der Waals surface area contributed by atoms with Gasteiger partial charge in [0, 0.05) is 18.2 Å². The van der Waals surface area contributed by atoms with Crippen LogP contribution in [0.3, 0.4) is 0 Å². The Balaban J connectivity index is 1.89. The molecule has 4 aromatic carbocycles. The molecule has 0 aromatic heterocycles. The highest BCUT2D eigenvalue weighted by Gasteiger charge is 2.71. The minimum atomic E-state index is -5.09. The van der Waals surface area contributed by atoms with Gasteiger partial charge in [0.2, 0.25) is 0 Å². The SMILES string of the molecule is COC(C(=O)O[Si](c1c(C)cc(C)cc1C)(c1c(C)cc(C)cc1C)C1C(C)C1c1ccccc1)(c1ccccc1)C(F)(F)F. The van der Waals surface area contributed by atoms with E-state index in [0.29, 0.717) is 0 Å². The third-order valence-electron chi connectivity index (χ3n) is 9.56. The summed E-state index contributed by atoms with van der Waals surface area (Å²) in [6.45, 7) is 14.1. The van der Waals surface area contributed by atoms with Crippen LogP contribution < -0.4 is 10.4 Å². The number of alkyl halides is 3. The van der Waals surface area contributed by atoms with Crippen LogP contribution in [0.25, 0.3) is 0 Å². The maximum Gasteiger partial charge on any atom is 0.432 e. The highest BCUT2D eigenvalue weighted by molar-refractivity contribution is 7.01. The molecule has 236 valence electrons. The van der Waals surface area contributed by atoms with Gasteiger partial charge in [-0.3, -0.25) is 0 Å². The smallest absolute Gasteiger partial charge is 0.432 e. The van der Waals surface area contributed by atoms with Crippen molar-refractivity contribution in [3.05, 3.63) is 129 Å². The molecule has 0 amide bonds. The maximum atomic E-state index is 15.3. The maximum absolute atomic E-state index is 15.3. The molecule has 5 rings (SSSR count). The van der Waals surface area contributed by atoms with Crippen LogP contribution >= 0.6 is 0 Å². The van der Waals surface area contributed by atoms with Gasteiger partial charge in [-0.05, 0) is 91.6 Å². The molecule has 1 fully saturated rings. The lowest BCUT2D eigenvalue weighted by Gasteiger charge is -2.41. The lowest BCUT2D eigenvalue weighted by molar-refractivity contribution is -0.272. The van der Waals surface area contributed by atoms with E-state index in [2.05, 4.69) is 19.1 Å². The van der Waals surface area contributed by atoms with Gasteiger partial charge in [-0.25, -0.2) is 4.79 Å². The summed E-state index contributed by atoms with van der Waals surface area (Å²) in [6.07, 6.45) is -5.09. The number of carbonyl (C=O) groups excluding carboxylic acids is 1. The molecule has 1 aliphatic carbocycles. The topological polar surface area (TPSA) is 35.5 Å². The first-order chi connectivity index (χ1) is 21.2. The standard InChI is InChI=1S/C38H41F3O3Si/c1-23-19-25(3)33(26(4)20-23)45(34-27(5)21-24(2)22-28(34)6,35-29(7)32(35)30-15-11-9-12-16-30)44-36(42)37(43-8,38(39,40)41)31-17-13-10-14-18-31/h9-22,29,32,35H,1-8H3. The normalized spacial score (nSPS) is 19.6. The van der Waals surface area contributed by atoms with Crippen LogP contribution in [0.15, 0.2) is 84.9 Å². The van der Waals surface area contributed by atoms with Crippen molar-refractivity contribution in [2.24, 2.45) is 5.92 Å². The molecule has 4 aromatic rings. The average Bonchev–Trinajstić information content (AvgIpc) is 3.63. The van der Waals surface area contributed by atoms with Gasteiger partial charge in [0.15, 0.2) is 0 Å². The summed E-state index contributed by atoms with van der Waals surface area (Å²) in [5.41, 5.74) is 2.95. The number of hydrogen-bond donors (Lipinski definition) is 0. The molecular formula is C38H41F3O3Si. The van der Waals surface area contributed by atoms with Crippen molar-refractivity contribution in [1.29, 1.82) is 0 Å². The predicted molar refractivity (Wildman–Crippen MR) is 176 cm³/mol. The predicted octanol–water partition coefficient (Wildman–Crippen LogP) is 8.05. The van der Waals surface area contributed by atoms with E-state index in [1.54, 1.807) is 6.07 Å². The summed E-state index contributed by atoms with van der Waals surface area (Å²) >= 11 is 0. The van der Waals surface area contributed by atoms with Gasteiger partial charge in [-0.1, -0.05) is 103 Å². The fraction of sp³-hybridized carbons (Fsp3) is 0.342. The first kappa shape index (κ1) is 32.7. The molecule has 0 bridgehead atoms. The number of rotatable bonds is 8. The second kappa shape index (κ2) is 11.9. The van der Waals surface area contributed by atoms with Crippen molar-refractivity contribution in [1.82, 2.24) is 0 Å². The molecule has 0 radical (unpaired) electrons. The average molecular weight is 631 g/mol. The van der Waals surface area contributed by atoms with Crippen molar-refractivity contribution < 1.29 is 27.1 Å². The molecule has 1 aliphatic rings. The molecule has 45 heavy (non-hydrogen) atoms. The van der Waals surface area contributed by atoms with E-state index >= 15 is 13.2 Å². The number of benzene rings is 4. The zero-order chi connectivity index (χ0) is 32.9. The van der Waals surface area contributed by atoms with E-state index < -0.39 is 26.1 Å². The molecule has 4 atom stereocenters. The third-order valence-corrected chi connectivity index (χ3v) is 15.0. The summed E-state index contributed by atoms with van der Waals surface area (Å²) in [5, 5.41) is 1.71. The number of hydrogen-bond acceptors (Lipinski definition) is 3. The Morgan fingerprint density at radius 2 is 1.13 bits per heavy atom. The van der Waals surface area contributed by atoms with Crippen molar-refractivity contribution >= 4 is 24.7 Å². The number of ether oxygens (including phenoxy) is 1. The van der Waals surface area contributed by atoms with E-state index in [4.69, 9.17) is 9.16 Å². The number of aryl methyl sites for hydroxylation is 6. The lowest BCUT2D eigenvalue weighted by Crippen LogP contribution is -2.68. The van der Waals surface area contributed by atoms with Crippen molar-refractivity contribution in [3.8, 4) is 0 Å². The van der Waals surface area contributed by atoms with Crippen LogP contribution in [-0.4, -0.2) is 27.6 Å². The lowest BCUT2D eigenvalue weighted by atomic mass is 9.93. The minimum Gasteiger partial charge on any atom is -0.507 e. The summed E-state index contributed by atoms with van der Waals surface area (Å²) in [4.78, 5) is 14.7. The Morgan fingerprint density at radius 3 is 1.53 bits per heavy atom. The number of methoxy groups -OCH3 is 1. The quantitative estimate of drug-likeness (QED) is 0.185. The zero-order valence-corrected chi connectivity index (χ0v) is 28.2. The Labute approximate surface area is 265 Å². The van der Waals surface area contributed by atoms with E-state index in [-0.39, 0.29) is 22.9 Å².